The molecule has 202 valence electrons. The highest BCUT2D eigenvalue weighted by Gasteiger charge is 2.44. The van der Waals surface area contributed by atoms with Crippen LogP contribution in [0.4, 0.5) is 17.5 Å². The van der Waals surface area contributed by atoms with Crippen LogP contribution in [0.1, 0.15) is 29.1 Å². The van der Waals surface area contributed by atoms with Gasteiger partial charge in [0.1, 0.15) is 11.6 Å². The molecule has 5 aromatic heterocycles. The molecule has 40 heavy (non-hydrogen) atoms. The van der Waals surface area contributed by atoms with Crippen molar-refractivity contribution in [2.75, 3.05) is 23.3 Å². The van der Waals surface area contributed by atoms with Crippen LogP contribution in [0.15, 0.2) is 61.2 Å². The van der Waals surface area contributed by atoms with Crippen molar-refractivity contribution in [3.63, 3.8) is 0 Å². The minimum atomic E-state index is 0.509. The van der Waals surface area contributed by atoms with Crippen molar-refractivity contribution in [2.24, 2.45) is 0 Å². The Kier molecular flexibility index (Phi) is 6.00. The molecule has 8 rings (SSSR count). The van der Waals surface area contributed by atoms with E-state index in [1.807, 2.05) is 62.4 Å². The summed E-state index contributed by atoms with van der Waals surface area (Å²) < 4.78 is 1.86. The molecule has 0 amide bonds. The quantitative estimate of drug-likeness (QED) is 0.320. The first-order valence-electron chi connectivity index (χ1n) is 13.6. The number of aryl methyl sites for hydroxylation is 3. The highest BCUT2D eigenvalue weighted by Crippen LogP contribution is 2.35. The fraction of sp³-hybridized carbons (Fsp3) is 0.310. The van der Waals surface area contributed by atoms with Crippen molar-refractivity contribution in [3.05, 3.63) is 83.8 Å². The van der Waals surface area contributed by atoms with Crippen LogP contribution < -0.4 is 10.2 Å². The minimum absolute atomic E-state index is 0.509. The second-order valence-corrected chi connectivity index (χ2v) is 10.8. The largest absolute Gasteiger partial charge is 0.353 e. The van der Waals surface area contributed by atoms with Crippen LogP contribution in [-0.2, 0) is 6.54 Å². The lowest BCUT2D eigenvalue weighted by Crippen LogP contribution is -2.68. The van der Waals surface area contributed by atoms with Crippen LogP contribution in [-0.4, -0.2) is 70.0 Å². The lowest BCUT2D eigenvalue weighted by atomic mass is 9.87. The molecule has 2 atom stereocenters. The van der Waals surface area contributed by atoms with E-state index < -0.39 is 0 Å². The number of anilines is 3. The fourth-order valence-corrected chi connectivity index (χ4v) is 5.60. The smallest absolute Gasteiger partial charge is 0.163 e. The first-order valence-corrected chi connectivity index (χ1v) is 13.6. The zero-order chi connectivity index (χ0) is 27.2. The van der Waals surface area contributed by atoms with Crippen LogP contribution in [0.3, 0.4) is 0 Å². The molecule has 0 saturated carbocycles. The van der Waals surface area contributed by atoms with Crippen molar-refractivity contribution >= 4 is 17.5 Å². The Morgan fingerprint density at radius 1 is 0.925 bits per heavy atom. The summed E-state index contributed by atoms with van der Waals surface area (Å²) in [7, 11) is 0. The van der Waals surface area contributed by atoms with Gasteiger partial charge in [0, 0.05) is 73.2 Å². The fourth-order valence-electron chi connectivity index (χ4n) is 5.60. The van der Waals surface area contributed by atoms with Gasteiger partial charge in [-0.05, 0) is 57.0 Å². The summed E-state index contributed by atoms with van der Waals surface area (Å²) in [6, 6.07) is 13.2. The summed E-state index contributed by atoms with van der Waals surface area (Å²) in [6.45, 7) is 8.76. The van der Waals surface area contributed by atoms with E-state index in [9.17, 15) is 0 Å². The number of H-pyrrole nitrogens is 1. The third kappa shape index (κ3) is 4.79. The summed E-state index contributed by atoms with van der Waals surface area (Å²) in [5.41, 5.74) is 5.96. The number of piperidine rings is 1. The molecular weight excluding hydrogens is 502 g/mol. The highest BCUT2D eigenvalue weighted by molar-refractivity contribution is 5.61. The van der Waals surface area contributed by atoms with Crippen LogP contribution in [0.25, 0.3) is 17.1 Å². The number of fused-ring (bicyclic) bond motifs is 2. The molecule has 2 unspecified atom stereocenters. The summed E-state index contributed by atoms with van der Waals surface area (Å²) >= 11 is 0. The van der Waals surface area contributed by atoms with Crippen molar-refractivity contribution in [2.45, 2.75) is 45.8 Å². The number of aromatic amines is 1. The highest BCUT2D eigenvalue weighted by atomic mass is 15.4. The number of pyridine rings is 2. The first kappa shape index (κ1) is 24.4. The van der Waals surface area contributed by atoms with Gasteiger partial charge in [-0.3, -0.25) is 15.0 Å². The van der Waals surface area contributed by atoms with E-state index in [4.69, 9.17) is 15.0 Å². The van der Waals surface area contributed by atoms with Gasteiger partial charge in [0.2, 0.25) is 0 Å². The van der Waals surface area contributed by atoms with E-state index in [2.05, 4.69) is 59.7 Å². The Labute approximate surface area is 232 Å². The molecule has 0 radical (unpaired) electrons. The third-order valence-electron chi connectivity index (χ3n) is 7.62. The molecular formula is C29H31N11. The van der Waals surface area contributed by atoms with Crippen LogP contribution in [0, 0.1) is 20.8 Å². The van der Waals surface area contributed by atoms with Gasteiger partial charge >= 0.3 is 0 Å². The number of rotatable bonds is 7. The van der Waals surface area contributed by atoms with Crippen molar-refractivity contribution in [1.82, 2.24) is 44.8 Å². The van der Waals surface area contributed by atoms with Gasteiger partial charge in [-0.25, -0.2) is 19.6 Å². The molecule has 5 aromatic rings. The van der Waals surface area contributed by atoms with E-state index in [1.165, 1.54) is 6.42 Å². The Morgan fingerprint density at radius 3 is 2.48 bits per heavy atom. The number of piperazine rings is 1. The van der Waals surface area contributed by atoms with Gasteiger partial charge in [0.15, 0.2) is 11.6 Å². The van der Waals surface area contributed by atoms with E-state index in [1.54, 1.807) is 0 Å². The molecule has 2 bridgehead atoms. The predicted octanol–water partition coefficient (Wildman–Crippen LogP) is 3.97. The maximum absolute atomic E-state index is 4.80. The second-order valence-electron chi connectivity index (χ2n) is 10.8. The molecule has 8 heterocycles. The minimum Gasteiger partial charge on any atom is -0.353 e. The van der Waals surface area contributed by atoms with Crippen LogP contribution >= 0.6 is 0 Å². The number of nitrogens with zero attached hydrogens (tertiary/aromatic N) is 9. The van der Waals surface area contributed by atoms with Gasteiger partial charge < -0.3 is 10.2 Å². The topological polar surface area (TPSA) is 117 Å². The van der Waals surface area contributed by atoms with E-state index >= 15 is 0 Å². The monoisotopic (exact) mass is 533 g/mol. The molecule has 11 heteroatoms. The number of aromatic nitrogens is 8. The molecule has 11 nitrogen and oxygen atoms in total. The molecule has 0 aromatic carbocycles. The molecule has 0 spiro atoms. The maximum Gasteiger partial charge on any atom is 0.163 e. The van der Waals surface area contributed by atoms with Crippen LogP contribution in [0.5, 0.6) is 0 Å². The molecule has 0 aliphatic carbocycles. The van der Waals surface area contributed by atoms with E-state index in [0.717, 1.165) is 65.2 Å². The summed E-state index contributed by atoms with van der Waals surface area (Å²) in [5, 5.41) is 14.8. The zero-order valence-electron chi connectivity index (χ0n) is 22.8. The van der Waals surface area contributed by atoms with Gasteiger partial charge in [0.25, 0.3) is 0 Å². The first-order chi connectivity index (χ1) is 19.5. The normalized spacial score (nSPS) is 18.5. The lowest BCUT2D eigenvalue weighted by Gasteiger charge is -2.56. The van der Waals surface area contributed by atoms with Gasteiger partial charge in [-0.2, -0.15) is 10.2 Å². The number of hydrogen-bond acceptors (Lipinski definition) is 9. The van der Waals surface area contributed by atoms with Gasteiger partial charge in [-0.1, -0.05) is 0 Å². The van der Waals surface area contributed by atoms with Crippen molar-refractivity contribution in [1.29, 1.82) is 0 Å². The lowest BCUT2D eigenvalue weighted by molar-refractivity contribution is -0.00967. The Bertz CT molecular complexity index is 1630. The van der Waals surface area contributed by atoms with Crippen molar-refractivity contribution < 1.29 is 0 Å². The number of nitrogens with one attached hydrogen (secondary N) is 2. The van der Waals surface area contributed by atoms with E-state index in [0.29, 0.717) is 23.7 Å². The zero-order valence-corrected chi connectivity index (χ0v) is 22.8. The standard InChI is InChI=1S/C29H31N11/c1-18-11-32-40(14-18)23-6-5-22(30-13-23)15-39-24-10-25(39)17-38(16-24)28-7-4-21(12-31-28)29-33-19(2)8-26(35-29)34-27-9-20(3)36-37-27/h4-9,11-14,24-25H,10,15-17H2,1-3H3,(H2,33,34,35,36,37). The van der Waals surface area contributed by atoms with Gasteiger partial charge in [0.05, 0.1) is 23.8 Å². The molecule has 3 aliphatic heterocycles. The van der Waals surface area contributed by atoms with E-state index in [-0.39, 0.29) is 0 Å². The Hall–Kier alpha value is -4.64. The van der Waals surface area contributed by atoms with Gasteiger partial charge in [-0.15, -0.1) is 0 Å². The molecule has 3 aliphatic rings. The second kappa shape index (κ2) is 9.83. The summed E-state index contributed by atoms with van der Waals surface area (Å²) in [6.07, 6.45) is 8.87. The number of hydrogen-bond donors (Lipinski definition) is 2. The third-order valence-corrected chi connectivity index (χ3v) is 7.62. The predicted molar refractivity (Wildman–Crippen MR) is 153 cm³/mol. The Morgan fingerprint density at radius 2 is 1.80 bits per heavy atom. The SMILES string of the molecule is Cc1cnn(-c2ccc(CN3C4CC3CN(c3ccc(-c5nc(C)cc(Nc6cc(C)[nH]n6)n5)cn3)C4)nc2)c1. The van der Waals surface area contributed by atoms with Crippen LogP contribution in [0.2, 0.25) is 0 Å². The summed E-state index contributed by atoms with van der Waals surface area (Å²) in [5.74, 6) is 3.07. The average Bonchev–Trinajstić information content (AvgIpc) is 3.59. The average molecular weight is 534 g/mol. The Balaban J connectivity index is 0.991. The maximum atomic E-state index is 4.80. The van der Waals surface area contributed by atoms with Crippen molar-refractivity contribution in [3.8, 4) is 17.1 Å². The molecule has 3 fully saturated rings. The molecule has 2 N–H and O–H groups in total. The molecule has 3 saturated heterocycles. The summed E-state index contributed by atoms with van der Waals surface area (Å²) in [4.78, 5) is 23.8.